The molecule has 0 aromatic heterocycles. The molecule has 7 heteroatoms. The molecule has 0 heterocycles. The maximum atomic E-state index is 9.92. The summed E-state index contributed by atoms with van der Waals surface area (Å²) in [5.41, 5.74) is 2.68. The van der Waals surface area contributed by atoms with Crippen LogP contribution in [-0.2, 0) is 0 Å². The monoisotopic (exact) mass is 524 g/mol. The van der Waals surface area contributed by atoms with Crippen LogP contribution in [-0.4, -0.2) is 19.9 Å². The third kappa shape index (κ3) is 10.9. The van der Waals surface area contributed by atoms with Crippen molar-refractivity contribution in [1.82, 2.24) is 0 Å². The Kier molecular flexibility index (Phi) is 6.45. The Morgan fingerprint density at radius 3 is 1.10 bits per heavy atom. The summed E-state index contributed by atoms with van der Waals surface area (Å²) in [5.74, 6) is 0. The van der Waals surface area contributed by atoms with Crippen molar-refractivity contribution in [2.75, 3.05) is 0 Å². The Morgan fingerprint density at radius 2 is 0.857 bits per heavy atom. The molecule has 2 aromatic carbocycles. The molecule has 0 N–H and O–H groups in total. The zero-order chi connectivity index (χ0) is 16.1. The van der Waals surface area contributed by atoms with E-state index in [4.69, 9.17) is 0 Å². The first-order valence-electron chi connectivity index (χ1n) is 5.97. The zero-order valence-electron chi connectivity index (χ0n) is 11.4. The van der Waals surface area contributed by atoms with Gasteiger partial charge in [0.05, 0.1) is 0 Å². The topological polar surface area (TPSA) is 0 Å². The molecule has 0 bridgehead atoms. The molecule has 2 aromatic rings. The van der Waals surface area contributed by atoms with Crippen LogP contribution in [0.3, 0.4) is 0 Å². The van der Waals surface area contributed by atoms with Crippen LogP contribution in [0.5, 0.6) is 0 Å². The van der Waals surface area contributed by atoms with Crippen molar-refractivity contribution in [2.45, 2.75) is 13.8 Å². The summed E-state index contributed by atoms with van der Waals surface area (Å²) < 4.78 is 52.6. The minimum absolute atomic E-state index is 0.00313. The van der Waals surface area contributed by atoms with Crippen LogP contribution in [0.1, 0.15) is 11.1 Å². The minimum atomic E-state index is -9.26. The number of aryl methyl sites for hydroxylation is 2. The Bertz CT molecular complexity index is 513. The van der Waals surface area contributed by atoms with E-state index < -0.39 is 19.9 Å². The summed E-state index contributed by atoms with van der Waals surface area (Å²) in [6.07, 6.45) is 0. The van der Waals surface area contributed by atoms with Gasteiger partial charge in [0, 0.05) is 0 Å². The molecule has 0 amide bonds. The van der Waals surface area contributed by atoms with Gasteiger partial charge in [-0.2, -0.15) is 0 Å². The van der Waals surface area contributed by atoms with Crippen molar-refractivity contribution >= 4 is 19.9 Å². The summed E-state index contributed by atoms with van der Waals surface area (Å²) in [7, 11) is 0. The second-order valence-corrected chi connectivity index (χ2v) is 11.5. The second kappa shape index (κ2) is 7.25. The van der Waals surface area contributed by atoms with Gasteiger partial charge in [-0.05, 0) is 38.1 Å². The first-order valence-corrected chi connectivity index (χ1v) is 13.5. The summed E-state index contributed by atoms with van der Waals surface area (Å²) in [5, 5.41) is 0. The van der Waals surface area contributed by atoms with Crippen molar-refractivity contribution in [1.29, 1.82) is 0 Å². The quantitative estimate of drug-likeness (QED) is 0.322. The summed E-state index contributed by atoms with van der Waals surface area (Å²) >= 11 is -9.26. The van der Waals surface area contributed by atoms with E-state index in [1.807, 2.05) is 0 Å². The number of hydrogen-bond donors (Lipinski definition) is 0. The van der Waals surface area contributed by atoms with Crippen LogP contribution in [0.25, 0.3) is 0 Å². The average molecular weight is 523 g/mol. The number of halogens is 6. The fraction of sp³-hybridized carbons (Fsp3) is 0.143. The van der Waals surface area contributed by atoms with Crippen LogP contribution in [0, 0.1) is 21.0 Å². The van der Waals surface area contributed by atoms with Gasteiger partial charge in [0.1, 0.15) is 0 Å². The Hall–Kier alpha value is -0.381. The molecule has 0 aliphatic rings. The van der Waals surface area contributed by atoms with E-state index in [1.165, 1.54) is 18.3 Å². The van der Waals surface area contributed by atoms with Gasteiger partial charge in [0.15, 0.2) is 7.14 Å². The van der Waals surface area contributed by atoms with Crippen molar-refractivity contribution in [3.8, 4) is 0 Å². The standard InChI is InChI=1S/C14H14I.5FH.Sn/c1-11-3-7-13(8-4-11)15-14-9-5-12(2)6-10-14;;;;;;/h3-10H,1-2H3;5*1H;/q+1;;;;;;+4/p-5. The first kappa shape index (κ1) is 18.7. The molecule has 0 nitrogen and oxygen atoms in total. The van der Waals surface area contributed by atoms with E-state index in [0.717, 1.165) is 0 Å². The van der Waals surface area contributed by atoms with Crippen LogP contribution in [0.4, 0.5) is 14.3 Å². The molecule has 0 saturated heterocycles. The SMILES string of the molecule is Cc1ccc([I+]c2ccc(C)cc2)cc1.[F][Sn-]([F])([F])([F])[F]. The van der Waals surface area contributed by atoms with Crippen molar-refractivity contribution in [2.24, 2.45) is 0 Å². The van der Waals surface area contributed by atoms with E-state index in [0.29, 0.717) is 0 Å². The predicted octanol–water partition coefficient (Wildman–Crippen LogP) is 2.15. The van der Waals surface area contributed by atoms with Gasteiger partial charge < -0.3 is 0 Å². The number of hydrogen-bond acceptors (Lipinski definition) is 0. The molecule has 116 valence electrons. The molecule has 0 radical (unpaired) electrons. The first-order chi connectivity index (χ1) is 9.47. The normalized spacial score (nSPS) is 12.8. The van der Waals surface area contributed by atoms with E-state index in [-0.39, 0.29) is 21.2 Å². The molecule has 21 heavy (non-hydrogen) atoms. The van der Waals surface area contributed by atoms with Gasteiger partial charge in [-0.3, -0.25) is 0 Å². The third-order valence-electron chi connectivity index (χ3n) is 2.24. The summed E-state index contributed by atoms with van der Waals surface area (Å²) in [6.45, 7) is 4.27. The fourth-order valence-electron chi connectivity index (χ4n) is 1.32. The average Bonchev–Trinajstić information content (AvgIpc) is 2.32. The maximum absolute atomic E-state index is 9.92. The number of benzene rings is 2. The van der Waals surface area contributed by atoms with Gasteiger partial charge in [0.25, 0.3) is 0 Å². The van der Waals surface area contributed by atoms with Gasteiger partial charge in [-0.25, -0.2) is 0 Å². The Morgan fingerprint density at radius 1 is 0.619 bits per heavy atom. The predicted molar refractivity (Wildman–Crippen MR) is 71.0 cm³/mol. The fourth-order valence-corrected chi connectivity index (χ4v) is 3.48. The molecule has 0 saturated carbocycles. The molecule has 0 unspecified atom stereocenters. The van der Waals surface area contributed by atoms with Gasteiger partial charge in [-0.1, -0.05) is 35.4 Å². The molecule has 0 aliphatic heterocycles. The third-order valence-corrected chi connectivity index (χ3v) is 4.92. The zero-order valence-corrected chi connectivity index (χ0v) is 16.4. The summed E-state index contributed by atoms with van der Waals surface area (Å²) in [6, 6.07) is 17.8. The van der Waals surface area contributed by atoms with Crippen LogP contribution in [0.15, 0.2) is 48.5 Å². The number of rotatable bonds is 2. The molecular weight excluding hydrogens is 509 g/mol. The van der Waals surface area contributed by atoms with Crippen LogP contribution >= 0.6 is 0 Å². The Labute approximate surface area is 135 Å². The molecule has 2 rings (SSSR count). The Balaban J connectivity index is 0.000000315. The van der Waals surface area contributed by atoms with Crippen molar-refractivity contribution in [3.63, 3.8) is 0 Å². The molecule has 0 fully saturated rings. The van der Waals surface area contributed by atoms with Crippen molar-refractivity contribution < 1.29 is 35.5 Å². The van der Waals surface area contributed by atoms with E-state index in [2.05, 4.69) is 62.4 Å². The molecule has 0 atom stereocenters. The van der Waals surface area contributed by atoms with Crippen LogP contribution < -0.4 is 21.2 Å². The van der Waals surface area contributed by atoms with Crippen LogP contribution in [0.2, 0.25) is 0 Å². The van der Waals surface area contributed by atoms with Gasteiger partial charge in [0.2, 0.25) is 0 Å². The van der Waals surface area contributed by atoms with Crippen molar-refractivity contribution in [3.05, 3.63) is 66.8 Å². The van der Waals surface area contributed by atoms with E-state index >= 15 is 0 Å². The second-order valence-electron chi connectivity index (χ2n) is 4.40. The molecule has 0 spiro atoms. The van der Waals surface area contributed by atoms with E-state index in [9.17, 15) is 14.3 Å². The van der Waals surface area contributed by atoms with E-state index in [1.54, 1.807) is 0 Å². The van der Waals surface area contributed by atoms with Gasteiger partial charge >= 0.3 is 55.4 Å². The molecular formula is C14H14F5ISn. The summed E-state index contributed by atoms with van der Waals surface area (Å²) in [4.78, 5) is 0. The van der Waals surface area contributed by atoms with Gasteiger partial charge in [-0.15, -0.1) is 0 Å². The molecule has 0 aliphatic carbocycles.